The second-order valence-electron chi connectivity index (χ2n) is 4.65. The molecule has 0 aliphatic heterocycles. The average molecular weight is 299 g/mol. The summed E-state index contributed by atoms with van der Waals surface area (Å²) in [7, 11) is 1.85. The number of hydrogen-bond acceptors (Lipinski definition) is 3. The smallest absolute Gasteiger partial charge is 0.258 e. The van der Waals surface area contributed by atoms with E-state index in [-0.39, 0.29) is 18.6 Å². The summed E-state index contributed by atoms with van der Waals surface area (Å²) < 4.78 is 5.59. The fraction of sp³-hybridized carbons (Fsp3) is 0.533. The molecule has 0 aliphatic rings. The molecule has 0 aliphatic carbocycles. The van der Waals surface area contributed by atoms with Crippen LogP contribution in [-0.2, 0) is 11.3 Å². The minimum absolute atomic E-state index is 0.0227. The van der Waals surface area contributed by atoms with Crippen molar-refractivity contribution in [2.45, 2.75) is 39.3 Å². The van der Waals surface area contributed by atoms with Gasteiger partial charge in [0.1, 0.15) is 5.75 Å². The van der Waals surface area contributed by atoms with Gasteiger partial charge in [0.05, 0.1) is 0 Å². The van der Waals surface area contributed by atoms with E-state index in [2.05, 4.69) is 24.5 Å². The van der Waals surface area contributed by atoms with E-state index in [1.807, 2.05) is 13.1 Å². The SMILES string of the molecule is CCC(CC)NC(=O)COc1ccc(Cl)cc1CNC. The predicted octanol–water partition coefficient (Wildman–Crippen LogP) is 2.74. The highest BCUT2D eigenvalue weighted by Gasteiger charge is 2.10. The van der Waals surface area contributed by atoms with E-state index in [9.17, 15) is 4.79 Å². The first-order chi connectivity index (χ1) is 9.60. The number of carbonyl (C=O) groups excluding carboxylic acids is 1. The summed E-state index contributed by atoms with van der Waals surface area (Å²) in [4.78, 5) is 11.8. The molecule has 0 aromatic heterocycles. The Balaban J connectivity index is 2.58. The van der Waals surface area contributed by atoms with E-state index >= 15 is 0 Å². The van der Waals surface area contributed by atoms with Crippen molar-refractivity contribution in [1.29, 1.82) is 0 Å². The molecule has 1 rings (SSSR count). The molecule has 0 saturated heterocycles. The lowest BCUT2D eigenvalue weighted by Crippen LogP contribution is -2.37. The standard InChI is InChI=1S/C15H23ClN2O2/c1-4-13(5-2)18-15(19)10-20-14-7-6-12(16)8-11(14)9-17-3/h6-8,13,17H,4-5,9-10H2,1-3H3,(H,18,19). The fourth-order valence-electron chi connectivity index (χ4n) is 1.92. The number of halogens is 1. The Labute approximate surface area is 125 Å². The molecule has 0 fully saturated rings. The first-order valence-corrected chi connectivity index (χ1v) is 7.33. The van der Waals surface area contributed by atoms with Gasteiger partial charge in [-0.15, -0.1) is 0 Å². The summed E-state index contributed by atoms with van der Waals surface area (Å²) in [5.41, 5.74) is 0.940. The molecule has 5 heteroatoms. The molecule has 1 aromatic carbocycles. The van der Waals surface area contributed by atoms with Crippen LogP contribution in [0.3, 0.4) is 0 Å². The van der Waals surface area contributed by atoms with Crippen LogP contribution in [0.2, 0.25) is 5.02 Å². The second-order valence-corrected chi connectivity index (χ2v) is 5.09. The Morgan fingerprint density at radius 3 is 2.65 bits per heavy atom. The lowest BCUT2D eigenvalue weighted by molar-refractivity contribution is -0.123. The zero-order valence-electron chi connectivity index (χ0n) is 12.3. The third-order valence-corrected chi connectivity index (χ3v) is 3.33. The lowest BCUT2D eigenvalue weighted by atomic mass is 10.2. The molecule has 4 nitrogen and oxygen atoms in total. The Hall–Kier alpha value is -1.26. The maximum Gasteiger partial charge on any atom is 0.258 e. The van der Waals surface area contributed by atoms with Gasteiger partial charge in [0.2, 0.25) is 0 Å². The number of amides is 1. The topological polar surface area (TPSA) is 50.4 Å². The zero-order valence-corrected chi connectivity index (χ0v) is 13.1. The molecule has 0 saturated carbocycles. The summed E-state index contributed by atoms with van der Waals surface area (Å²) >= 11 is 5.96. The highest BCUT2D eigenvalue weighted by molar-refractivity contribution is 6.30. The highest BCUT2D eigenvalue weighted by atomic mass is 35.5. The molecule has 0 spiro atoms. The van der Waals surface area contributed by atoms with Gasteiger partial charge in [-0.25, -0.2) is 0 Å². The highest BCUT2D eigenvalue weighted by Crippen LogP contribution is 2.22. The van der Waals surface area contributed by atoms with Crippen LogP contribution in [-0.4, -0.2) is 25.6 Å². The van der Waals surface area contributed by atoms with Gasteiger partial charge in [0.15, 0.2) is 6.61 Å². The Morgan fingerprint density at radius 1 is 1.35 bits per heavy atom. The molecular formula is C15H23ClN2O2. The molecular weight excluding hydrogens is 276 g/mol. The van der Waals surface area contributed by atoms with Gasteiger partial charge < -0.3 is 15.4 Å². The van der Waals surface area contributed by atoms with E-state index in [4.69, 9.17) is 16.3 Å². The molecule has 1 aromatic rings. The van der Waals surface area contributed by atoms with E-state index < -0.39 is 0 Å². The number of carbonyl (C=O) groups is 1. The van der Waals surface area contributed by atoms with Crippen LogP contribution in [0.5, 0.6) is 5.75 Å². The van der Waals surface area contributed by atoms with Crippen molar-refractivity contribution in [1.82, 2.24) is 10.6 Å². The number of benzene rings is 1. The summed E-state index contributed by atoms with van der Waals surface area (Å²) in [6.45, 7) is 4.78. The van der Waals surface area contributed by atoms with Crippen LogP contribution in [0.15, 0.2) is 18.2 Å². The van der Waals surface area contributed by atoms with E-state index in [0.29, 0.717) is 17.3 Å². The van der Waals surface area contributed by atoms with Crippen molar-refractivity contribution in [3.8, 4) is 5.75 Å². The van der Waals surface area contributed by atoms with Crippen LogP contribution in [0.4, 0.5) is 0 Å². The zero-order chi connectivity index (χ0) is 15.0. The van der Waals surface area contributed by atoms with Crippen LogP contribution in [0.1, 0.15) is 32.3 Å². The van der Waals surface area contributed by atoms with Crippen molar-refractivity contribution >= 4 is 17.5 Å². The minimum atomic E-state index is -0.0935. The molecule has 0 heterocycles. The molecule has 0 radical (unpaired) electrons. The largest absolute Gasteiger partial charge is 0.483 e. The first-order valence-electron chi connectivity index (χ1n) is 6.95. The predicted molar refractivity (Wildman–Crippen MR) is 82.2 cm³/mol. The van der Waals surface area contributed by atoms with Gasteiger partial charge in [-0.05, 0) is 38.1 Å². The van der Waals surface area contributed by atoms with Gasteiger partial charge >= 0.3 is 0 Å². The summed E-state index contributed by atoms with van der Waals surface area (Å²) in [6, 6.07) is 5.61. The monoisotopic (exact) mass is 298 g/mol. The number of rotatable bonds is 8. The van der Waals surface area contributed by atoms with E-state index in [0.717, 1.165) is 18.4 Å². The second kappa shape index (κ2) is 8.82. The molecule has 0 atom stereocenters. The van der Waals surface area contributed by atoms with Crippen molar-refractivity contribution < 1.29 is 9.53 Å². The van der Waals surface area contributed by atoms with Gasteiger partial charge in [-0.1, -0.05) is 25.4 Å². The molecule has 20 heavy (non-hydrogen) atoms. The summed E-state index contributed by atoms with van der Waals surface area (Å²) in [5, 5.41) is 6.65. The average Bonchev–Trinajstić information content (AvgIpc) is 2.44. The lowest BCUT2D eigenvalue weighted by Gasteiger charge is -2.16. The van der Waals surface area contributed by atoms with Crippen LogP contribution < -0.4 is 15.4 Å². The Bertz CT molecular complexity index is 434. The van der Waals surface area contributed by atoms with Gasteiger partial charge in [-0.2, -0.15) is 0 Å². The first kappa shape index (κ1) is 16.8. The third kappa shape index (κ3) is 5.39. The van der Waals surface area contributed by atoms with Crippen LogP contribution >= 0.6 is 11.6 Å². The molecule has 2 N–H and O–H groups in total. The molecule has 0 bridgehead atoms. The van der Waals surface area contributed by atoms with Crippen molar-refractivity contribution in [3.05, 3.63) is 28.8 Å². The van der Waals surface area contributed by atoms with Crippen molar-refractivity contribution in [3.63, 3.8) is 0 Å². The Kier molecular flexibility index (Phi) is 7.41. The minimum Gasteiger partial charge on any atom is -0.483 e. The third-order valence-electron chi connectivity index (χ3n) is 3.10. The number of ether oxygens (including phenoxy) is 1. The molecule has 0 unspecified atom stereocenters. The molecule has 112 valence electrons. The van der Waals surface area contributed by atoms with E-state index in [1.54, 1.807) is 12.1 Å². The number of hydrogen-bond donors (Lipinski definition) is 2. The fourth-order valence-corrected chi connectivity index (χ4v) is 2.12. The quantitative estimate of drug-likeness (QED) is 0.776. The Morgan fingerprint density at radius 2 is 2.05 bits per heavy atom. The van der Waals surface area contributed by atoms with Crippen molar-refractivity contribution in [2.24, 2.45) is 0 Å². The van der Waals surface area contributed by atoms with Gasteiger partial charge in [0.25, 0.3) is 5.91 Å². The normalized spacial score (nSPS) is 10.7. The molecule has 1 amide bonds. The maximum absolute atomic E-state index is 11.8. The van der Waals surface area contributed by atoms with Crippen LogP contribution in [0, 0.1) is 0 Å². The van der Waals surface area contributed by atoms with Crippen molar-refractivity contribution in [2.75, 3.05) is 13.7 Å². The van der Waals surface area contributed by atoms with Gasteiger partial charge in [0, 0.05) is 23.2 Å². The summed E-state index contributed by atoms with van der Waals surface area (Å²) in [5.74, 6) is 0.590. The van der Waals surface area contributed by atoms with E-state index in [1.165, 1.54) is 0 Å². The maximum atomic E-state index is 11.8. The van der Waals surface area contributed by atoms with Gasteiger partial charge in [-0.3, -0.25) is 4.79 Å². The van der Waals surface area contributed by atoms with Crippen LogP contribution in [0.25, 0.3) is 0 Å². The number of nitrogens with one attached hydrogen (secondary N) is 2. The summed E-state index contributed by atoms with van der Waals surface area (Å²) in [6.07, 6.45) is 1.85.